The Balaban J connectivity index is 1.60. The number of benzene rings is 1. The highest BCUT2D eigenvalue weighted by Crippen LogP contribution is 2.24. The minimum atomic E-state index is 0.840. The molecule has 1 N–H and O–H groups in total. The molecular formula is C17H18IN5. The van der Waals surface area contributed by atoms with E-state index < -0.39 is 0 Å². The van der Waals surface area contributed by atoms with Gasteiger partial charge in [0, 0.05) is 43.6 Å². The molecule has 0 amide bonds. The fourth-order valence-corrected chi connectivity index (χ4v) is 3.44. The molecule has 1 aromatic carbocycles. The average Bonchev–Trinajstić information content (AvgIpc) is 2.96. The van der Waals surface area contributed by atoms with E-state index in [1.54, 1.807) is 0 Å². The van der Waals surface area contributed by atoms with Gasteiger partial charge in [-0.3, -0.25) is 0 Å². The summed E-state index contributed by atoms with van der Waals surface area (Å²) in [6.45, 7) is 4.41. The van der Waals surface area contributed by atoms with Crippen molar-refractivity contribution in [3.05, 3.63) is 40.2 Å². The predicted octanol–water partition coefficient (Wildman–Crippen LogP) is 2.98. The number of fused-ring (bicyclic) bond motifs is 1. The Bertz CT molecular complexity index is 819. The molecule has 1 aliphatic heterocycles. The van der Waals surface area contributed by atoms with Crippen molar-refractivity contribution in [3.63, 3.8) is 0 Å². The summed E-state index contributed by atoms with van der Waals surface area (Å²) in [5.74, 6) is 0. The third-order valence-electron chi connectivity index (χ3n) is 4.37. The molecule has 1 aliphatic rings. The van der Waals surface area contributed by atoms with Gasteiger partial charge in [0.1, 0.15) is 5.52 Å². The molecule has 0 unspecified atom stereocenters. The molecule has 0 radical (unpaired) electrons. The highest BCUT2D eigenvalue weighted by atomic mass is 127. The van der Waals surface area contributed by atoms with Gasteiger partial charge in [0.15, 0.2) is 5.65 Å². The van der Waals surface area contributed by atoms with Crippen molar-refractivity contribution in [2.24, 2.45) is 0 Å². The molecular weight excluding hydrogens is 401 g/mol. The normalized spacial score (nSPS) is 16.2. The van der Waals surface area contributed by atoms with Gasteiger partial charge in [-0.1, -0.05) is 12.1 Å². The van der Waals surface area contributed by atoms with Crippen LogP contribution in [0.25, 0.3) is 22.4 Å². The van der Waals surface area contributed by atoms with Crippen LogP contribution in [0.2, 0.25) is 0 Å². The number of hydrogen-bond acceptors (Lipinski definition) is 4. The lowest BCUT2D eigenvalue weighted by Gasteiger charge is -2.34. The van der Waals surface area contributed by atoms with Crippen LogP contribution >= 0.6 is 22.6 Å². The summed E-state index contributed by atoms with van der Waals surface area (Å²) < 4.78 is 1.10. The van der Waals surface area contributed by atoms with E-state index in [1.807, 2.05) is 12.4 Å². The lowest BCUT2D eigenvalue weighted by molar-refractivity contribution is 0.313. The second-order valence-corrected chi connectivity index (χ2v) is 7.09. The van der Waals surface area contributed by atoms with Crippen molar-refractivity contribution >= 4 is 39.4 Å². The number of nitrogens with one attached hydrogen (secondary N) is 1. The Morgan fingerprint density at radius 1 is 1.09 bits per heavy atom. The Morgan fingerprint density at radius 3 is 2.57 bits per heavy atom. The number of piperazine rings is 1. The van der Waals surface area contributed by atoms with Crippen LogP contribution in [-0.2, 0) is 0 Å². The molecule has 6 heteroatoms. The maximum atomic E-state index is 4.74. The zero-order valence-corrected chi connectivity index (χ0v) is 15.1. The maximum absolute atomic E-state index is 4.74. The largest absolute Gasteiger partial charge is 0.369 e. The number of rotatable bonds is 2. The van der Waals surface area contributed by atoms with Crippen LogP contribution < -0.4 is 4.90 Å². The molecule has 3 heterocycles. The second-order valence-electron chi connectivity index (χ2n) is 5.93. The fourth-order valence-electron chi connectivity index (χ4n) is 2.91. The van der Waals surface area contributed by atoms with Crippen molar-refractivity contribution < 1.29 is 0 Å². The third kappa shape index (κ3) is 2.92. The number of likely N-dealkylation sites (N-methyl/N-ethyl adjacent to an activating group) is 1. The van der Waals surface area contributed by atoms with Gasteiger partial charge in [-0.25, -0.2) is 9.97 Å². The first-order chi connectivity index (χ1) is 11.2. The number of hydrogen-bond donors (Lipinski definition) is 1. The first-order valence-corrected chi connectivity index (χ1v) is 8.82. The second kappa shape index (κ2) is 6.09. The molecule has 1 saturated heterocycles. The Labute approximate surface area is 148 Å². The Hall–Kier alpha value is -1.67. The average molecular weight is 419 g/mol. The number of halogens is 1. The molecule has 4 rings (SSSR count). The zero-order chi connectivity index (χ0) is 15.8. The molecule has 118 valence electrons. The van der Waals surface area contributed by atoms with Crippen LogP contribution in [0.3, 0.4) is 0 Å². The predicted molar refractivity (Wildman–Crippen MR) is 102 cm³/mol. The van der Waals surface area contributed by atoms with Crippen molar-refractivity contribution in [1.82, 2.24) is 19.9 Å². The van der Waals surface area contributed by atoms with Crippen LogP contribution in [0.4, 0.5) is 5.69 Å². The summed E-state index contributed by atoms with van der Waals surface area (Å²) in [5.41, 5.74) is 5.08. The first-order valence-electron chi connectivity index (χ1n) is 7.74. The van der Waals surface area contributed by atoms with Gasteiger partial charge in [-0.05, 0) is 41.8 Å². The van der Waals surface area contributed by atoms with Crippen LogP contribution in [0.1, 0.15) is 0 Å². The highest BCUT2D eigenvalue weighted by Gasteiger charge is 2.14. The molecule has 23 heavy (non-hydrogen) atoms. The van der Waals surface area contributed by atoms with Crippen molar-refractivity contribution in [2.75, 3.05) is 38.1 Å². The lowest BCUT2D eigenvalue weighted by Crippen LogP contribution is -2.44. The topological polar surface area (TPSA) is 48.0 Å². The zero-order valence-electron chi connectivity index (χ0n) is 13.0. The van der Waals surface area contributed by atoms with E-state index in [2.05, 4.69) is 73.7 Å². The summed E-state index contributed by atoms with van der Waals surface area (Å²) in [6.07, 6.45) is 3.77. The highest BCUT2D eigenvalue weighted by molar-refractivity contribution is 14.1. The van der Waals surface area contributed by atoms with Gasteiger partial charge in [0.2, 0.25) is 0 Å². The number of H-pyrrole nitrogens is 1. The molecule has 0 atom stereocenters. The molecule has 0 aliphatic carbocycles. The Kier molecular flexibility index (Phi) is 3.94. The van der Waals surface area contributed by atoms with E-state index in [1.165, 1.54) is 5.69 Å². The van der Waals surface area contributed by atoms with Crippen LogP contribution in [0, 0.1) is 3.57 Å². The van der Waals surface area contributed by atoms with Gasteiger partial charge >= 0.3 is 0 Å². The summed E-state index contributed by atoms with van der Waals surface area (Å²) in [6, 6.07) is 8.66. The molecule has 0 spiro atoms. The summed E-state index contributed by atoms with van der Waals surface area (Å²) >= 11 is 2.28. The van der Waals surface area contributed by atoms with Crippen molar-refractivity contribution in [1.29, 1.82) is 0 Å². The van der Waals surface area contributed by atoms with Gasteiger partial charge in [0.05, 0.1) is 15.5 Å². The quantitative estimate of drug-likeness (QED) is 0.649. The van der Waals surface area contributed by atoms with E-state index in [0.717, 1.165) is 52.2 Å². The summed E-state index contributed by atoms with van der Waals surface area (Å²) in [5, 5.41) is 0. The van der Waals surface area contributed by atoms with E-state index in [0.29, 0.717) is 0 Å². The van der Waals surface area contributed by atoms with Gasteiger partial charge in [-0.15, -0.1) is 0 Å². The van der Waals surface area contributed by atoms with Crippen molar-refractivity contribution in [3.8, 4) is 11.3 Å². The minimum Gasteiger partial charge on any atom is -0.369 e. The fraction of sp³-hybridized carbons (Fsp3) is 0.294. The SMILES string of the molecule is CN1CCN(c2ccc(-c3cnc4[nH]cc(I)c4n3)cc2)CC1. The lowest BCUT2D eigenvalue weighted by atomic mass is 10.1. The molecule has 0 bridgehead atoms. The van der Waals surface area contributed by atoms with E-state index >= 15 is 0 Å². The van der Waals surface area contributed by atoms with Gasteiger partial charge < -0.3 is 14.8 Å². The molecule has 1 fully saturated rings. The molecule has 2 aromatic heterocycles. The smallest absolute Gasteiger partial charge is 0.157 e. The third-order valence-corrected chi connectivity index (χ3v) is 5.19. The number of nitrogens with zero attached hydrogens (tertiary/aromatic N) is 4. The van der Waals surface area contributed by atoms with Gasteiger partial charge in [-0.2, -0.15) is 0 Å². The molecule has 5 nitrogen and oxygen atoms in total. The molecule has 0 saturated carbocycles. The van der Waals surface area contributed by atoms with E-state index in [9.17, 15) is 0 Å². The van der Waals surface area contributed by atoms with Crippen molar-refractivity contribution in [2.45, 2.75) is 0 Å². The van der Waals surface area contributed by atoms with E-state index in [-0.39, 0.29) is 0 Å². The Morgan fingerprint density at radius 2 is 1.83 bits per heavy atom. The van der Waals surface area contributed by atoms with Crippen LogP contribution in [-0.4, -0.2) is 53.1 Å². The maximum Gasteiger partial charge on any atom is 0.157 e. The van der Waals surface area contributed by atoms with Crippen LogP contribution in [0.15, 0.2) is 36.7 Å². The number of aromatic nitrogens is 3. The number of aromatic amines is 1. The number of anilines is 1. The first kappa shape index (κ1) is 14.9. The summed E-state index contributed by atoms with van der Waals surface area (Å²) in [7, 11) is 2.18. The monoisotopic (exact) mass is 419 g/mol. The van der Waals surface area contributed by atoms with Gasteiger partial charge in [0.25, 0.3) is 0 Å². The summed E-state index contributed by atoms with van der Waals surface area (Å²) in [4.78, 5) is 17.1. The standard InChI is InChI=1S/C17H18IN5/c1-22-6-8-23(9-7-22)13-4-2-12(3-5-13)15-11-20-17-16(21-15)14(18)10-19-17/h2-5,10-11H,6-9H2,1H3,(H,19,20). The molecule has 3 aromatic rings. The van der Waals surface area contributed by atoms with E-state index in [4.69, 9.17) is 4.98 Å². The van der Waals surface area contributed by atoms with Crippen LogP contribution in [0.5, 0.6) is 0 Å². The minimum absolute atomic E-state index is 0.840.